The van der Waals surface area contributed by atoms with Gasteiger partial charge >= 0.3 is 6.18 Å². The van der Waals surface area contributed by atoms with E-state index >= 15 is 0 Å². The number of aliphatic imine (C=N–C) groups is 1. The molecule has 0 radical (unpaired) electrons. The normalized spacial score (nSPS) is 21.0. The van der Waals surface area contributed by atoms with E-state index < -0.39 is 12.6 Å². The second kappa shape index (κ2) is 12.2. The van der Waals surface area contributed by atoms with Gasteiger partial charge in [0.1, 0.15) is 5.82 Å². The van der Waals surface area contributed by atoms with Crippen molar-refractivity contribution in [3.63, 3.8) is 0 Å². The molecule has 1 fully saturated rings. The Kier molecular flexibility index (Phi) is 9.05. The molecule has 7 nitrogen and oxygen atoms in total. The van der Waals surface area contributed by atoms with Gasteiger partial charge in [0.05, 0.1) is 23.1 Å². The molecule has 0 saturated heterocycles. The number of amides is 1. The Morgan fingerprint density at radius 1 is 1.25 bits per heavy atom. The van der Waals surface area contributed by atoms with Gasteiger partial charge in [-0.25, -0.2) is 19.9 Å². The zero-order chi connectivity index (χ0) is 25.5. The lowest BCUT2D eigenvalue weighted by Gasteiger charge is -2.30. The largest absolute Gasteiger partial charge is 0.480 e. The lowest BCUT2D eigenvalue weighted by atomic mass is 9.81. The van der Waals surface area contributed by atoms with Gasteiger partial charge in [0.2, 0.25) is 0 Å². The zero-order valence-corrected chi connectivity index (χ0v) is 21.3. The predicted octanol–water partition coefficient (Wildman–Crippen LogP) is 4.97. The van der Waals surface area contributed by atoms with E-state index in [2.05, 4.69) is 24.8 Å². The van der Waals surface area contributed by atoms with Crippen LogP contribution < -0.4 is 4.74 Å². The van der Waals surface area contributed by atoms with Crippen LogP contribution in [0.5, 0.6) is 5.75 Å². The molecular weight excluding hydrogens is 491 g/mol. The van der Waals surface area contributed by atoms with Crippen molar-refractivity contribution in [2.45, 2.75) is 71.0 Å². The fraction of sp³-hybridized carbons (Fsp3) is 0.640. The van der Waals surface area contributed by atoms with Crippen molar-refractivity contribution in [1.82, 2.24) is 19.9 Å². The maximum atomic E-state index is 12.5. The highest BCUT2D eigenvalue weighted by Gasteiger charge is 2.28. The molecule has 1 amide bonds. The molecule has 1 aliphatic heterocycles. The minimum Gasteiger partial charge on any atom is -0.480 e. The van der Waals surface area contributed by atoms with E-state index in [0.29, 0.717) is 28.4 Å². The number of aromatic nitrogens is 3. The molecule has 1 saturated carbocycles. The number of rotatable bonds is 9. The van der Waals surface area contributed by atoms with E-state index in [1.165, 1.54) is 23.7 Å². The number of aryl methyl sites for hydroxylation is 2. The third kappa shape index (κ3) is 8.33. The quantitative estimate of drug-likeness (QED) is 0.432. The molecule has 2 aromatic heterocycles. The topological polar surface area (TPSA) is 80.6 Å². The summed E-state index contributed by atoms with van der Waals surface area (Å²) in [4.78, 5) is 32.2. The third-order valence-electron chi connectivity index (χ3n) is 6.77. The highest BCUT2D eigenvalue weighted by Crippen LogP contribution is 2.32. The lowest BCUT2D eigenvalue weighted by molar-refractivity contribution is -0.134. The molecule has 0 atom stereocenters. The fourth-order valence-electron chi connectivity index (χ4n) is 4.67. The van der Waals surface area contributed by atoms with Crippen LogP contribution in [0.2, 0.25) is 0 Å². The second-order valence-electron chi connectivity index (χ2n) is 9.61. The van der Waals surface area contributed by atoms with Gasteiger partial charge in [0, 0.05) is 37.0 Å². The summed E-state index contributed by atoms with van der Waals surface area (Å²) < 4.78 is 42.9. The van der Waals surface area contributed by atoms with Gasteiger partial charge in [0.15, 0.2) is 12.4 Å². The molecule has 1 aliphatic carbocycles. The molecule has 0 N–H and O–H groups in total. The first-order chi connectivity index (χ1) is 17.2. The maximum absolute atomic E-state index is 12.5. The van der Waals surface area contributed by atoms with E-state index in [4.69, 9.17) is 4.74 Å². The fourth-order valence-corrected chi connectivity index (χ4v) is 5.74. The van der Waals surface area contributed by atoms with Crippen molar-refractivity contribution >= 4 is 23.5 Å². The van der Waals surface area contributed by atoms with Crippen molar-refractivity contribution < 1.29 is 22.7 Å². The highest BCUT2D eigenvalue weighted by molar-refractivity contribution is 7.11. The summed E-state index contributed by atoms with van der Waals surface area (Å²) in [6.45, 7) is 4.31. The van der Waals surface area contributed by atoms with Crippen molar-refractivity contribution in [3.8, 4) is 5.75 Å². The molecule has 0 aromatic carbocycles. The Morgan fingerprint density at radius 3 is 2.72 bits per heavy atom. The average molecular weight is 524 g/mol. The van der Waals surface area contributed by atoms with Gasteiger partial charge in [-0.05, 0) is 63.8 Å². The Hall–Kier alpha value is -2.40. The van der Waals surface area contributed by atoms with E-state index in [1.807, 2.05) is 0 Å². The van der Waals surface area contributed by atoms with Crippen molar-refractivity contribution in [2.24, 2.45) is 16.8 Å². The summed E-state index contributed by atoms with van der Waals surface area (Å²) in [6, 6.07) is 0. The molecule has 4 rings (SSSR count). The van der Waals surface area contributed by atoms with Crippen molar-refractivity contribution in [1.29, 1.82) is 0 Å². The number of thiazole rings is 1. The summed E-state index contributed by atoms with van der Waals surface area (Å²) in [5.74, 6) is 1.74. The van der Waals surface area contributed by atoms with Gasteiger partial charge in [-0.1, -0.05) is 0 Å². The van der Waals surface area contributed by atoms with Gasteiger partial charge in [-0.3, -0.25) is 9.69 Å². The van der Waals surface area contributed by atoms with Crippen LogP contribution in [0.4, 0.5) is 13.2 Å². The van der Waals surface area contributed by atoms with E-state index in [9.17, 15) is 18.0 Å². The van der Waals surface area contributed by atoms with Crippen molar-refractivity contribution in [2.75, 3.05) is 19.7 Å². The Bertz CT molecular complexity index is 1030. The average Bonchev–Trinajstić information content (AvgIpc) is 3.27. The van der Waals surface area contributed by atoms with Crippen LogP contribution in [-0.4, -0.2) is 57.8 Å². The molecule has 11 heteroatoms. The monoisotopic (exact) mass is 523 g/mol. The summed E-state index contributed by atoms with van der Waals surface area (Å²) >= 11 is 1.45. The molecule has 3 heterocycles. The summed E-state index contributed by atoms with van der Waals surface area (Å²) in [6.07, 6.45) is 6.13. The Labute approximate surface area is 213 Å². The van der Waals surface area contributed by atoms with Gasteiger partial charge < -0.3 is 4.74 Å². The number of fused-ring (bicyclic) bond motifs is 1. The summed E-state index contributed by atoms with van der Waals surface area (Å²) in [7, 11) is 0. The first-order valence-corrected chi connectivity index (χ1v) is 13.3. The molecule has 0 bridgehead atoms. The highest BCUT2D eigenvalue weighted by atomic mass is 32.1. The van der Waals surface area contributed by atoms with Gasteiger partial charge in [-0.15, -0.1) is 11.3 Å². The third-order valence-corrected chi connectivity index (χ3v) is 7.98. The number of alkyl halides is 3. The van der Waals surface area contributed by atoms with E-state index in [-0.39, 0.29) is 18.9 Å². The van der Waals surface area contributed by atoms with Gasteiger partial charge in [0.25, 0.3) is 5.91 Å². The smallest absolute Gasteiger partial charge is 0.389 e. The number of hydrogen-bond acceptors (Lipinski definition) is 7. The molecule has 0 spiro atoms. The zero-order valence-electron chi connectivity index (χ0n) is 20.5. The SMILES string of the molecule is Cc1ncc(OCC(=O)N=CC2CCC(CCN3CCc4sc(CCC(F)(F)F)nc4C3)CC2)cn1. The first kappa shape index (κ1) is 26.7. The number of carbonyl (C=O) groups is 1. The Morgan fingerprint density at radius 2 is 2.00 bits per heavy atom. The molecule has 196 valence electrons. The van der Waals surface area contributed by atoms with Crippen LogP contribution >= 0.6 is 11.3 Å². The van der Waals surface area contributed by atoms with Crippen molar-refractivity contribution in [3.05, 3.63) is 33.8 Å². The predicted molar refractivity (Wildman–Crippen MR) is 131 cm³/mol. The molecule has 0 unspecified atom stereocenters. The number of halogens is 3. The standard InChI is InChI=1S/C25H32F3N5O2S/c1-17-29-13-20(14-30-17)35-16-23(34)31-12-19-4-2-18(3-5-19)7-10-33-11-8-22-21(15-33)32-24(36-22)6-9-25(26,27)28/h12-14,18-19H,2-11,15-16H2,1H3. The van der Waals surface area contributed by atoms with E-state index in [0.717, 1.165) is 68.7 Å². The van der Waals surface area contributed by atoms with Gasteiger partial charge in [-0.2, -0.15) is 13.2 Å². The molecule has 2 aromatic rings. The lowest BCUT2D eigenvalue weighted by Crippen LogP contribution is -2.32. The first-order valence-electron chi connectivity index (χ1n) is 12.5. The number of hydrogen-bond donors (Lipinski definition) is 0. The molecule has 36 heavy (non-hydrogen) atoms. The number of ether oxygens (including phenoxy) is 1. The summed E-state index contributed by atoms with van der Waals surface area (Å²) in [5, 5.41) is 0.605. The van der Waals surface area contributed by atoms with Crippen LogP contribution in [0.25, 0.3) is 0 Å². The maximum Gasteiger partial charge on any atom is 0.389 e. The Balaban J connectivity index is 1.13. The molecule has 2 aliphatic rings. The van der Waals surface area contributed by atoms with E-state index in [1.54, 1.807) is 13.1 Å². The van der Waals surface area contributed by atoms with Crippen LogP contribution in [-0.2, 0) is 24.2 Å². The minimum absolute atomic E-state index is 0.0198. The van der Waals surface area contributed by atoms with Crippen LogP contribution in [0, 0.1) is 18.8 Å². The number of carbonyl (C=O) groups excluding carboxylic acids is 1. The minimum atomic E-state index is -4.13. The summed E-state index contributed by atoms with van der Waals surface area (Å²) in [5.41, 5.74) is 0.965. The van der Waals surface area contributed by atoms with Crippen LogP contribution in [0.1, 0.15) is 59.9 Å². The molecular formula is C25H32F3N5O2S. The van der Waals surface area contributed by atoms with Crippen LogP contribution in [0.15, 0.2) is 17.4 Å². The number of nitrogens with zero attached hydrogens (tertiary/aromatic N) is 5. The van der Waals surface area contributed by atoms with Crippen LogP contribution in [0.3, 0.4) is 0 Å². The second-order valence-corrected chi connectivity index (χ2v) is 10.8.